The Bertz CT molecular complexity index is 663. The van der Waals surface area contributed by atoms with Crippen LogP contribution in [0.2, 0.25) is 0 Å². The van der Waals surface area contributed by atoms with Gasteiger partial charge in [-0.3, -0.25) is 4.79 Å². The molecule has 18 heavy (non-hydrogen) atoms. The molecule has 2 aliphatic heterocycles. The quantitative estimate of drug-likeness (QED) is 0.762. The Labute approximate surface area is 105 Å². The van der Waals surface area contributed by atoms with Gasteiger partial charge in [-0.25, -0.2) is 0 Å². The second kappa shape index (κ2) is 3.35. The van der Waals surface area contributed by atoms with Crippen molar-refractivity contribution in [3.8, 4) is 0 Å². The summed E-state index contributed by atoms with van der Waals surface area (Å²) in [6, 6.07) is 13.9. The molecule has 0 aromatic heterocycles. The molecule has 4 rings (SSSR count). The van der Waals surface area contributed by atoms with Crippen LogP contribution in [0.4, 0.5) is 17.1 Å². The van der Waals surface area contributed by atoms with Crippen molar-refractivity contribution in [2.75, 3.05) is 16.8 Å². The van der Waals surface area contributed by atoms with Crippen LogP contribution in [0.25, 0.3) is 0 Å². The average Bonchev–Trinajstić information content (AvgIpc) is 2.78. The zero-order valence-electron chi connectivity index (χ0n) is 9.81. The fourth-order valence-corrected chi connectivity index (χ4v) is 2.89. The van der Waals surface area contributed by atoms with Gasteiger partial charge in [-0.15, -0.1) is 0 Å². The van der Waals surface area contributed by atoms with Crippen molar-refractivity contribution >= 4 is 23.0 Å². The van der Waals surface area contributed by atoms with Crippen molar-refractivity contribution in [3.63, 3.8) is 0 Å². The van der Waals surface area contributed by atoms with Gasteiger partial charge >= 0.3 is 0 Å². The van der Waals surface area contributed by atoms with Crippen LogP contribution >= 0.6 is 0 Å². The molecule has 2 aromatic carbocycles. The monoisotopic (exact) mass is 236 g/mol. The largest absolute Gasteiger partial charge is 0.339 e. The Kier molecular flexibility index (Phi) is 1.81. The Morgan fingerprint density at radius 1 is 1.06 bits per heavy atom. The molecule has 2 heterocycles. The lowest BCUT2D eigenvalue weighted by Gasteiger charge is -2.20. The summed E-state index contributed by atoms with van der Waals surface area (Å²) < 4.78 is 0. The van der Waals surface area contributed by atoms with Crippen LogP contribution in [0.5, 0.6) is 0 Å². The van der Waals surface area contributed by atoms with E-state index >= 15 is 0 Å². The summed E-state index contributed by atoms with van der Waals surface area (Å²) in [6.45, 7) is 0.943. The number of fused-ring (bicyclic) bond motifs is 2. The molecule has 2 aliphatic rings. The van der Waals surface area contributed by atoms with Gasteiger partial charge < -0.3 is 10.2 Å². The fourth-order valence-electron chi connectivity index (χ4n) is 2.89. The summed E-state index contributed by atoms with van der Waals surface area (Å²) in [6.07, 6.45) is 1.04. The van der Waals surface area contributed by atoms with Crippen LogP contribution < -0.4 is 10.2 Å². The average molecular weight is 236 g/mol. The van der Waals surface area contributed by atoms with Crippen LogP contribution in [0, 0.1) is 0 Å². The summed E-state index contributed by atoms with van der Waals surface area (Å²) in [5, 5.41) is 3.01. The summed E-state index contributed by atoms with van der Waals surface area (Å²) >= 11 is 0. The smallest absolute Gasteiger partial charge is 0.257 e. The van der Waals surface area contributed by atoms with Gasteiger partial charge in [-0.2, -0.15) is 0 Å². The highest BCUT2D eigenvalue weighted by atomic mass is 16.1. The summed E-state index contributed by atoms with van der Waals surface area (Å²) in [5.74, 6) is -0.0200. The minimum absolute atomic E-state index is 0.0200. The molecule has 0 aliphatic carbocycles. The minimum atomic E-state index is -0.0200. The Morgan fingerprint density at radius 2 is 1.94 bits per heavy atom. The molecule has 0 bridgehead atoms. The first-order chi connectivity index (χ1) is 8.84. The van der Waals surface area contributed by atoms with Crippen LogP contribution in [0.1, 0.15) is 15.9 Å². The molecule has 88 valence electrons. The molecule has 1 amide bonds. The van der Waals surface area contributed by atoms with Crippen LogP contribution in [-0.4, -0.2) is 12.5 Å². The number of amides is 1. The van der Waals surface area contributed by atoms with Crippen LogP contribution in [0.3, 0.4) is 0 Å². The normalized spacial score (nSPS) is 15.8. The van der Waals surface area contributed by atoms with Crippen molar-refractivity contribution in [2.45, 2.75) is 6.42 Å². The first-order valence-electron chi connectivity index (χ1n) is 6.14. The van der Waals surface area contributed by atoms with E-state index in [2.05, 4.69) is 16.3 Å². The van der Waals surface area contributed by atoms with E-state index < -0.39 is 0 Å². The van der Waals surface area contributed by atoms with E-state index in [1.165, 1.54) is 5.56 Å². The third-order valence-electron chi connectivity index (χ3n) is 3.68. The van der Waals surface area contributed by atoms with E-state index in [0.29, 0.717) is 0 Å². The second-order valence-electron chi connectivity index (χ2n) is 4.69. The standard InChI is InChI=1S/C15H12N2O/c18-15-11-5-1-2-7-13(11)17-9-8-10-4-3-6-12(16-15)14(10)17/h1-7H,8-9H2,(H,16,18). The Hall–Kier alpha value is -2.29. The highest BCUT2D eigenvalue weighted by Gasteiger charge is 2.30. The molecule has 0 spiro atoms. The molecule has 2 aromatic rings. The molecule has 1 N–H and O–H groups in total. The van der Waals surface area contributed by atoms with Crippen molar-refractivity contribution < 1.29 is 4.79 Å². The highest BCUT2D eigenvalue weighted by molar-refractivity contribution is 6.13. The molecule has 0 saturated heterocycles. The lowest BCUT2D eigenvalue weighted by atomic mass is 10.1. The molecule has 0 unspecified atom stereocenters. The number of rotatable bonds is 0. The number of carbonyl (C=O) groups is 1. The summed E-state index contributed by atoms with van der Waals surface area (Å²) in [7, 11) is 0. The number of para-hydroxylation sites is 2. The molecule has 3 nitrogen and oxygen atoms in total. The SMILES string of the molecule is O=C1Nc2cccc3c2N(CC3)c2ccccc21. The fraction of sp³-hybridized carbons (Fsp3) is 0.133. The highest BCUT2D eigenvalue weighted by Crippen LogP contribution is 2.43. The maximum absolute atomic E-state index is 12.2. The van der Waals surface area contributed by atoms with Crippen molar-refractivity contribution in [3.05, 3.63) is 53.6 Å². The maximum atomic E-state index is 12.2. The van der Waals surface area contributed by atoms with Gasteiger partial charge in [0, 0.05) is 6.54 Å². The predicted octanol–water partition coefficient (Wildman–Crippen LogP) is 2.95. The Morgan fingerprint density at radius 3 is 2.89 bits per heavy atom. The lowest BCUT2D eigenvalue weighted by molar-refractivity contribution is 0.102. The topological polar surface area (TPSA) is 32.3 Å². The van der Waals surface area contributed by atoms with Crippen LogP contribution in [-0.2, 0) is 6.42 Å². The van der Waals surface area contributed by atoms with E-state index in [9.17, 15) is 4.79 Å². The van der Waals surface area contributed by atoms with Gasteiger partial charge in [0.25, 0.3) is 5.91 Å². The Balaban J connectivity index is 2.04. The van der Waals surface area contributed by atoms with E-state index in [1.807, 2.05) is 36.4 Å². The minimum Gasteiger partial charge on any atom is -0.339 e. The van der Waals surface area contributed by atoms with Crippen molar-refractivity contribution in [1.29, 1.82) is 0 Å². The van der Waals surface area contributed by atoms with Gasteiger partial charge in [-0.05, 0) is 30.2 Å². The van der Waals surface area contributed by atoms with Gasteiger partial charge in [0.2, 0.25) is 0 Å². The summed E-state index contributed by atoms with van der Waals surface area (Å²) in [4.78, 5) is 14.5. The van der Waals surface area contributed by atoms with Gasteiger partial charge in [0.15, 0.2) is 0 Å². The zero-order chi connectivity index (χ0) is 12.1. The lowest BCUT2D eigenvalue weighted by Crippen LogP contribution is -2.15. The van der Waals surface area contributed by atoms with Crippen molar-refractivity contribution in [1.82, 2.24) is 0 Å². The second-order valence-corrected chi connectivity index (χ2v) is 4.69. The van der Waals surface area contributed by atoms with Crippen molar-refractivity contribution in [2.24, 2.45) is 0 Å². The predicted molar refractivity (Wildman–Crippen MR) is 71.5 cm³/mol. The molecule has 3 heteroatoms. The maximum Gasteiger partial charge on any atom is 0.257 e. The third kappa shape index (κ3) is 1.16. The number of nitrogens with one attached hydrogen (secondary N) is 1. The van der Waals surface area contributed by atoms with Gasteiger partial charge in [0.05, 0.1) is 22.6 Å². The first-order valence-corrected chi connectivity index (χ1v) is 6.14. The molecule has 0 fully saturated rings. The number of benzene rings is 2. The number of nitrogens with zero attached hydrogens (tertiary/aromatic N) is 1. The molecule has 0 radical (unpaired) electrons. The number of hydrogen-bond acceptors (Lipinski definition) is 2. The first kappa shape index (κ1) is 9.71. The van der Waals surface area contributed by atoms with E-state index in [1.54, 1.807) is 0 Å². The number of anilines is 3. The molecular formula is C15H12N2O. The molecule has 0 atom stereocenters. The van der Waals surface area contributed by atoms with Crippen LogP contribution in [0.15, 0.2) is 42.5 Å². The van der Waals surface area contributed by atoms with Gasteiger partial charge in [-0.1, -0.05) is 24.3 Å². The third-order valence-corrected chi connectivity index (χ3v) is 3.68. The number of carbonyl (C=O) groups excluding carboxylic acids is 1. The molecule has 0 saturated carbocycles. The zero-order valence-corrected chi connectivity index (χ0v) is 9.81. The van der Waals surface area contributed by atoms with E-state index in [4.69, 9.17) is 0 Å². The van der Waals surface area contributed by atoms with Gasteiger partial charge in [0.1, 0.15) is 0 Å². The summed E-state index contributed by atoms with van der Waals surface area (Å²) in [5.41, 5.74) is 5.16. The van der Waals surface area contributed by atoms with E-state index in [0.717, 1.165) is 35.6 Å². The number of hydrogen-bond donors (Lipinski definition) is 1. The molecular weight excluding hydrogens is 224 g/mol. The van der Waals surface area contributed by atoms with E-state index in [-0.39, 0.29) is 5.91 Å².